The molecular formula is C13H14BrN3O. The molecule has 0 bridgehead atoms. The molecule has 4 nitrogen and oxygen atoms in total. The Morgan fingerprint density at radius 3 is 2.89 bits per heavy atom. The summed E-state index contributed by atoms with van der Waals surface area (Å²) in [5.41, 5.74) is 3.61. The van der Waals surface area contributed by atoms with Crippen LogP contribution in [0.25, 0.3) is 0 Å². The van der Waals surface area contributed by atoms with Crippen LogP contribution in [-0.2, 0) is 6.54 Å². The molecule has 0 aliphatic rings. The zero-order valence-corrected chi connectivity index (χ0v) is 11.8. The summed E-state index contributed by atoms with van der Waals surface area (Å²) >= 11 is 3.37. The highest BCUT2D eigenvalue weighted by Crippen LogP contribution is 2.16. The van der Waals surface area contributed by atoms with E-state index < -0.39 is 0 Å². The fourth-order valence-corrected chi connectivity index (χ4v) is 2.02. The van der Waals surface area contributed by atoms with Crippen LogP contribution in [0, 0.1) is 13.8 Å². The molecule has 0 aliphatic heterocycles. The molecule has 2 aromatic rings. The van der Waals surface area contributed by atoms with Crippen molar-refractivity contribution < 1.29 is 4.79 Å². The van der Waals surface area contributed by atoms with Crippen molar-refractivity contribution >= 4 is 21.8 Å². The summed E-state index contributed by atoms with van der Waals surface area (Å²) in [5.74, 6) is -0.0746. The smallest absolute Gasteiger partial charge is 0.251 e. The minimum atomic E-state index is -0.0746. The van der Waals surface area contributed by atoms with Gasteiger partial charge in [0.2, 0.25) is 0 Å². The van der Waals surface area contributed by atoms with Crippen LogP contribution in [0.5, 0.6) is 0 Å². The average molecular weight is 308 g/mol. The molecule has 0 aliphatic carbocycles. The summed E-state index contributed by atoms with van der Waals surface area (Å²) in [4.78, 5) is 12.1. The first kappa shape index (κ1) is 12.8. The topological polar surface area (TPSA) is 57.8 Å². The summed E-state index contributed by atoms with van der Waals surface area (Å²) in [7, 11) is 0. The van der Waals surface area contributed by atoms with Gasteiger partial charge in [0.05, 0.1) is 6.20 Å². The number of H-pyrrole nitrogens is 1. The molecule has 5 heteroatoms. The zero-order valence-electron chi connectivity index (χ0n) is 10.2. The van der Waals surface area contributed by atoms with Gasteiger partial charge in [-0.15, -0.1) is 0 Å². The maximum absolute atomic E-state index is 12.1. The van der Waals surface area contributed by atoms with Crippen molar-refractivity contribution in [3.05, 3.63) is 51.3 Å². The summed E-state index contributed by atoms with van der Waals surface area (Å²) in [6.45, 7) is 4.33. The van der Waals surface area contributed by atoms with E-state index >= 15 is 0 Å². The molecule has 0 saturated heterocycles. The monoisotopic (exact) mass is 307 g/mol. The number of aryl methyl sites for hydroxylation is 2. The fraction of sp³-hybridized carbons (Fsp3) is 0.231. The van der Waals surface area contributed by atoms with Crippen molar-refractivity contribution in [2.45, 2.75) is 20.4 Å². The van der Waals surface area contributed by atoms with E-state index in [1.807, 2.05) is 32.0 Å². The second-order valence-electron chi connectivity index (χ2n) is 4.16. The Morgan fingerprint density at radius 2 is 2.22 bits per heavy atom. The van der Waals surface area contributed by atoms with Gasteiger partial charge in [0.15, 0.2) is 0 Å². The predicted octanol–water partition coefficient (Wildman–Crippen LogP) is 2.72. The molecule has 94 valence electrons. The summed E-state index contributed by atoms with van der Waals surface area (Å²) in [5, 5.41) is 9.65. The van der Waals surface area contributed by atoms with Gasteiger partial charge in [-0.3, -0.25) is 9.89 Å². The van der Waals surface area contributed by atoms with Crippen molar-refractivity contribution in [2.75, 3.05) is 0 Å². The maximum Gasteiger partial charge on any atom is 0.251 e. The van der Waals surface area contributed by atoms with Gasteiger partial charge in [-0.25, -0.2) is 0 Å². The van der Waals surface area contributed by atoms with Crippen LogP contribution in [0.15, 0.2) is 28.9 Å². The van der Waals surface area contributed by atoms with E-state index in [0.717, 1.165) is 21.3 Å². The second-order valence-corrected chi connectivity index (χ2v) is 5.08. The number of rotatable bonds is 3. The van der Waals surface area contributed by atoms with Crippen LogP contribution in [0.4, 0.5) is 0 Å². The van der Waals surface area contributed by atoms with Gasteiger partial charge in [-0.1, -0.05) is 22.0 Å². The number of hydrogen-bond acceptors (Lipinski definition) is 2. The van der Waals surface area contributed by atoms with Crippen molar-refractivity contribution in [1.82, 2.24) is 15.5 Å². The predicted molar refractivity (Wildman–Crippen MR) is 73.4 cm³/mol. The van der Waals surface area contributed by atoms with Crippen LogP contribution in [0.2, 0.25) is 0 Å². The lowest BCUT2D eigenvalue weighted by Crippen LogP contribution is -2.23. The Morgan fingerprint density at radius 1 is 1.44 bits per heavy atom. The standard InChI is InChI=1S/C13H14BrN3O/c1-8-3-4-11(14)5-12(8)13(18)15-6-10-7-16-17-9(10)2/h3-5,7H,6H2,1-2H3,(H,15,18)(H,16,17). The van der Waals surface area contributed by atoms with Gasteiger partial charge in [0.1, 0.15) is 0 Å². The number of aromatic nitrogens is 2. The Balaban J connectivity index is 2.08. The highest BCUT2D eigenvalue weighted by Gasteiger charge is 2.10. The molecule has 1 amide bonds. The van der Waals surface area contributed by atoms with Crippen molar-refractivity contribution in [1.29, 1.82) is 0 Å². The van der Waals surface area contributed by atoms with E-state index in [9.17, 15) is 4.79 Å². The minimum absolute atomic E-state index is 0.0746. The number of amides is 1. The quantitative estimate of drug-likeness (QED) is 0.916. The molecule has 1 aromatic carbocycles. The third-order valence-electron chi connectivity index (χ3n) is 2.82. The molecule has 0 radical (unpaired) electrons. The SMILES string of the molecule is Cc1ccc(Br)cc1C(=O)NCc1cn[nH]c1C. The van der Waals surface area contributed by atoms with Crippen LogP contribution >= 0.6 is 15.9 Å². The number of benzene rings is 1. The molecule has 2 N–H and O–H groups in total. The molecule has 1 heterocycles. The summed E-state index contributed by atoms with van der Waals surface area (Å²) in [6, 6.07) is 5.67. The number of hydrogen-bond donors (Lipinski definition) is 2. The van der Waals surface area contributed by atoms with E-state index in [4.69, 9.17) is 0 Å². The van der Waals surface area contributed by atoms with Gasteiger partial charge in [0, 0.05) is 27.8 Å². The normalized spacial score (nSPS) is 10.4. The van der Waals surface area contributed by atoms with Crippen LogP contribution in [0.1, 0.15) is 27.2 Å². The maximum atomic E-state index is 12.1. The number of carbonyl (C=O) groups is 1. The molecule has 0 unspecified atom stereocenters. The fourth-order valence-electron chi connectivity index (χ4n) is 1.66. The summed E-state index contributed by atoms with van der Waals surface area (Å²) < 4.78 is 0.901. The molecule has 2 rings (SSSR count). The lowest BCUT2D eigenvalue weighted by Gasteiger charge is -2.07. The number of nitrogens with zero attached hydrogens (tertiary/aromatic N) is 1. The van der Waals surface area contributed by atoms with E-state index in [2.05, 4.69) is 31.4 Å². The van der Waals surface area contributed by atoms with E-state index in [-0.39, 0.29) is 5.91 Å². The Labute approximate surface area is 114 Å². The first-order valence-electron chi connectivity index (χ1n) is 5.61. The molecule has 0 fully saturated rings. The Hall–Kier alpha value is -1.62. The highest BCUT2D eigenvalue weighted by molar-refractivity contribution is 9.10. The van der Waals surface area contributed by atoms with Gasteiger partial charge in [-0.05, 0) is 31.5 Å². The Bertz CT molecular complexity index is 577. The van der Waals surface area contributed by atoms with Gasteiger partial charge >= 0.3 is 0 Å². The molecule has 18 heavy (non-hydrogen) atoms. The first-order valence-corrected chi connectivity index (χ1v) is 6.40. The molecule has 0 spiro atoms. The van der Waals surface area contributed by atoms with Crippen molar-refractivity contribution in [3.63, 3.8) is 0 Å². The third-order valence-corrected chi connectivity index (χ3v) is 3.31. The van der Waals surface area contributed by atoms with Gasteiger partial charge in [-0.2, -0.15) is 5.10 Å². The summed E-state index contributed by atoms with van der Waals surface area (Å²) in [6.07, 6.45) is 1.73. The van der Waals surface area contributed by atoms with Crippen molar-refractivity contribution in [2.24, 2.45) is 0 Å². The highest BCUT2D eigenvalue weighted by atomic mass is 79.9. The number of aromatic amines is 1. The number of carbonyl (C=O) groups excluding carboxylic acids is 1. The minimum Gasteiger partial charge on any atom is -0.348 e. The van der Waals surface area contributed by atoms with Crippen molar-refractivity contribution in [3.8, 4) is 0 Å². The average Bonchev–Trinajstić information content (AvgIpc) is 2.75. The second kappa shape index (κ2) is 5.35. The van der Waals surface area contributed by atoms with Crippen LogP contribution < -0.4 is 5.32 Å². The number of halogens is 1. The van der Waals surface area contributed by atoms with E-state index in [1.165, 1.54) is 0 Å². The molecule has 0 atom stereocenters. The molecular weight excluding hydrogens is 294 g/mol. The molecule has 1 aromatic heterocycles. The van der Waals surface area contributed by atoms with Gasteiger partial charge in [0.25, 0.3) is 5.91 Å². The zero-order chi connectivity index (χ0) is 13.1. The van der Waals surface area contributed by atoms with E-state index in [0.29, 0.717) is 12.1 Å². The van der Waals surface area contributed by atoms with Gasteiger partial charge < -0.3 is 5.32 Å². The van der Waals surface area contributed by atoms with Crippen LogP contribution in [0.3, 0.4) is 0 Å². The van der Waals surface area contributed by atoms with E-state index in [1.54, 1.807) is 6.20 Å². The third kappa shape index (κ3) is 2.79. The molecule has 0 saturated carbocycles. The largest absolute Gasteiger partial charge is 0.348 e. The van der Waals surface area contributed by atoms with Crippen LogP contribution in [-0.4, -0.2) is 16.1 Å². The lowest BCUT2D eigenvalue weighted by molar-refractivity contribution is 0.0950. The number of nitrogens with one attached hydrogen (secondary N) is 2. The first-order chi connectivity index (χ1) is 8.58. The Kier molecular flexibility index (Phi) is 3.81. The lowest BCUT2D eigenvalue weighted by atomic mass is 10.1.